The summed E-state index contributed by atoms with van der Waals surface area (Å²) < 4.78 is 26.8. The molecule has 0 aliphatic carbocycles. The predicted molar refractivity (Wildman–Crippen MR) is 56.3 cm³/mol. The quantitative estimate of drug-likeness (QED) is 0.697. The Morgan fingerprint density at radius 1 is 1.57 bits per heavy atom. The van der Waals surface area contributed by atoms with E-state index < -0.39 is 10.2 Å². The number of hydrogen-bond acceptors (Lipinski definition) is 3. The smallest absolute Gasteiger partial charge is 0.282 e. The van der Waals surface area contributed by atoms with Gasteiger partial charge in [0.25, 0.3) is 10.2 Å². The minimum Gasteiger partial charge on any atom is -0.314 e. The van der Waals surface area contributed by atoms with Crippen molar-refractivity contribution < 1.29 is 8.42 Å². The number of rotatable bonds is 3. The van der Waals surface area contributed by atoms with Crippen LogP contribution in [-0.2, 0) is 10.2 Å². The molecule has 0 aromatic rings. The van der Waals surface area contributed by atoms with Crippen LogP contribution >= 0.6 is 0 Å². The van der Waals surface area contributed by atoms with E-state index in [4.69, 9.17) is 0 Å². The molecule has 1 atom stereocenters. The van der Waals surface area contributed by atoms with E-state index in [9.17, 15) is 8.42 Å². The van der Waals surface area contributed by atoms with Crippen LogP contribution in [0.3, 0.4) is 0 Å². The molecule has 14 heavy (non-hydrogen) atoms. The third kappa shape index (κ3) is 2.25. The molecule has 1 aliphatic heterocycles. The fraction of sp³-hybridized carbons (Fsp3) is 1.00. The minimum absolute atomic E-state index is 0.0442. The van der Waals surface area contributed by atoms with Crippen LogP contribution in [0, 0.1) is 0 Å². The number of hydrogen-bond donors (Lipinski definition) is 1. The van der Waals surface area contributed by atoms with Gasteiger partial charge in [-0.3, -0.25) is 0 Å². The molecule has 0 aromatic heterocycles. The van der Waals surface area contributed by atoms with Crippen molar-refractivity contribution in [2.24, 2.45) is 0 Å². The van der Waals surface area contributed by atoms with Crippen molar-refractivity contribution in [3.63, 3.8) is 0 Å². The molecule has 1 N–H and O–H groups in total. The second-order valence-electron chi connectivity index (χ2n) is 3.59. The Hall–Kier alpha value is -0.170. The van der Waals surface area contributed by atoms with Crippen LogP contribution in [0.15, 0.2) is 0 Å². The zero-order valence-corrected chi connectivity index (χ0v) is 9.84. The average molecular weight is 221 g/mol. The lowest BCUT2D eigenvalue weighted by Crippen LogP contribution is -2.55. The Morgan fingerprint density at radius 3 is 2.71 bits per heavy atom. The maximum atomic E-state index is 12.0. The molecule has 1 saturated heterocycles. The van der Waals surface area contributed by atoms with E-state index in [0.29, 0.717) is 13.1 Å². The first-order valence-corrected chi connectivity index (χ1v) is 6.33. The molecule has 0 aromatic carbocycles. The van der Waals surface area contributed by atoms with Gasteiger partial charge >= 0.3 is 0 Å². The van der Waals surface area contributed by atoms with Gasteiger partial charge in [0.05, 0.1) is 0 Å². The summed E-state index contributed by atoms with van der Waals surface area (Å²) >= 11 is 0. The molecule has 0 radical (unpaired) electrons. The Kier molecular flexibility index (Phi) is 3.88. The summed E-state index contributed by atoms with van der Waals surface area (Å²) in [6, 6.07) is 0.0442. The topological polar surface area (TPSA) is 52.7 Å². The summed E-state index contributed by atoms with van der Waals surface area (Å²) in [6.07, 6.45) is 0. The molecule has 84 valence electrons. The lowest BCUT2D eigenvalue weighted by molar-refractivity contribution is 0.265. The summed E-state index contributed by atoms with van der Waals surface area (Å²) in [7, 11) is -1.62. The summed E-state index contributed by atoms with van der Waals surface area (Å²) in [5.74, 6) is 0. The van der Waals surface area contributed by atoms with Gasteiger partial charge in [0.2, 0.25) is 0 Å². The predicted octanol–water partition coefficient (Wildman–Crippen LogP) is -0.523. The number of nitrogens with one attached hydrogen (secondary N) is 1. The van der Waals surface area contributed by atoms with Gasteiger partial charge < -0.3 is 5.32 Å². The van der Waals surface area contributed by atoms with Gasteiger partial charge in [-0.1, -0.05) is 6.92 Å². The molecule has 5 nitrogen and oxygen atoms in total. The van der Waals surface area contributed by atoms with Crippen molar-refractivity contribution in [2.75, 3.05) is 33.2 Å². The van der Waals surface area contributed by atoms with Gasteiger partial charge in [0.15, 0.2) is 0 Å². The molecule has 0 spiro atoms. The molecule has 1 unspecified atom stereocenters. The second-order valence-corrected chi connectivity index (χ2v) is 5.57. The van der Waals surface area contributed by atoms with E-state index in [1.807, 2.05) is 13.8 Å². The van der Waals surface area contributed by atoms with Crippen molar-refractivity contribution in [2.45, 2.75) is 19.9 Å². The first-order chi connectivity index (χ1) is 6.50. The highest BCUT2D eigenvalue weighted by Gasteiger charge is 2.31. The van der Waals surface area contributed by atoms with Gasteiger partial charge in [0, 0.05) is 39.3 Å². The summed E-state index contributed by atoms with van der Waals surface area (Å²) in [4.78, 5) is 0. The van der Waals surface area contributed by atoms with Crippen LogP contribution in [0.25, 0.3) is 0 Å². The highest BCUT2D eigenvalue weighted by Crippen LogP contribution is 2.12. The third-order valence-electron chi connectivity index (χ3n) is 2.58. The fourth-order valence-electron chi connectivity index (χ4n) is 1.51. The number of nitrogens with zero attached hydrogens (tertiary/aromatic N) is 2. The monoisotopic (exact) mass is 221 g/mol. The molecule has 1 aliphatic rings. The third-order valence-corrected chi connectivity index (χ3v) is 4.76. The van der Waals surface area contributed by atoms with Gasteiger partial charge in [0.1, 0.15) is 0 Å². The van der Waals surface area contributed by atoms with Gasteiger partial charge in [-0.05, 0) is 6.92 Å². The first kappa shape index (κ1) is 11.9. The largest absolute Gasteiger partial charge is 0.314 e. The van der Waals surface area contributed by atoms with E-state index in [2.05, 4.69) is 5.32 Å². The van der Waals surface area contributed by atoms with Gasteiger partial charge in [-0.15, -0.1) is 0 Å². The molecule has 1 rings (SSSR count). The van der Waals surface area contributed by atoms with Crippen LogP contribution in [0.2, 0.25) is 0 Å². The lowest BCUT2D eigenvalue weighted by atomic mass is 10.3. The van der Waals surface area contributed by atoms with E-state index >= 15 is 0 Å². The maximum absolute atomic E-state index is 12.0. The van der Waals surface area contributed by atoms with Crippen molar-refractivity contribution in [1.82, 2.24) is 13.9 Å². The van der Waals surface area contributed by atoms with E-state index in [1.165, 1.54) is 4.31 Å². The van der Waals surface area contributed by atoms with Gasteiger partial charge in [-0.2, -0.15) is 17.0 Å². The van der Waals surface area contributed by atoms with Crippen molar-refractivity contribution >= 4 is 10.2 Å². The lowest BCUT2D eigenvalue weighted by Gasteiger charge is -2.35. The SMILES string of the molecule is CCN(C)S(=O)(=O)N1CCNCC1C. The maximum Gasteiger partial charge on any atom is 0.282 e. The Morgan fingerprint density at radius 2 is 2.21 bits per heavy atom. The second kappa shape index (κ2) is 4.57. The van der Waals surface area contributed by atoms with Crippen molar-refractivity contribution in [1.29, 1.82) is 0 Å². The van der Waals surface area contributed by atoms with Crippen molar-refractivity contribution in [3.05, 3.63) is 0 Å². The highest BCUT2D eigenvalue weighted by molar-refractivity contribution is 7.86. The minimum atomic E-state index is -3.23. The first-order valence-electron chi connectivity index (χ1n) is 4.94. The fourth-order valence-corrected chi connectivity index (χ4v) is 3.04. The molecule has 0 amide bonds. The number of piperazine rings is 1. The van der Waals surface area contributed by atoms with Crippen LogP contribution in [0.4, 0.5) is 0 Å². The zero-order valence-electron chi connectivity index (χ0n) is 9.02. The van der Waals surface area contributed by atoms with Crippen LogP contribution < -0.4 is 5.32 Å². The summed E-state index contributed by atoms with van der Waals surface area (Å²) in [5, 5.41) is 3.17. The van der Waals surface area contributed by atoms with Gasteiger partial charge in [-0.25, -0.2) is 0 Å². The average Bonchev–Trinajstić information content (AvgIpc) is 2.17. The Balaban J connectivity index is 2.80. The summed E-state index contributed by atoms with van der Waals surface area (Å²) in [6.45, 7) is 6.31. The van der Waals surface area contributed by atoms with Crippen molar-refractivity contribution in [3.8, 4) is 0 Å². The normalized spacial score (nSPS) is 25.6. The molecule has 0 saturated carbocycles. The van der Waals surface area contributed by atoms with Crippen LogP contribution in [-0.4, -0.2) is 56.3 Å². The van der Waals surface area contributed by atoms with Crippen LogP contribution in [0.5, 0.6) is 0 Å². The Bertz CT molecular complexity index is 278. The molecule has 0 bridgehead atoms. The summed E-state index contributed by atoms with van der Waals surface area (Å²) in [5.41, 5.74) is 0. The van der Waals surface area contributed by atoms with E-state index in [-0.39, 0.29) is 6.04 Å². The molecule has 1 heterocycles. The zero-order chi connectivity index (χ0) is 10.8. The highest BCUT2D eigenvalue weighted by atomic mass is 32.2. The Labute approximate surface area is 86.3 Å². The molecule has 6 heteroatoms. The standard InChI is InChI=1S/C8H19N3O2S/c1-4-10(3)14(12,13)11-6-5-9-7-8(11)2/h8-9H,4-7H2,1-3H3. The molecule has 1 fully saturated rings. The van der Waals surface area contributed by atoms with E-state index in [0.717, 1.165) is 13.1 Å². The molecular formula is C8H19N3O2S. The van der Waals surface area contributed by atoms with E-state index in [1.54, 1.807) is 11.4 Å². The van der Waals surface area contributed by atoms with Crippen LogP contribution in [0.1, 0.15) is 13.8 Å². The molecular weight excluding hydrogens is 202 g/mol.